The summed E-state index contributed by atoms with van der Waals surface area (Å²) in [4.78, 5) is 12.3. The average Bonchev–Trinajstić information content (AvgIpc) is 2.63. The Morgan fingerprint density at radius 2 is 1.88 bits per heavy atom. The molecule has 3 rings (SSSR count). The van der Waals surface area contributed by atoms with Crippen molar-refractivity contribution in [3.63, 3.8) is 0 Å². The summed E-state index contributed by atoms with van der Waals surface area (Å²) in [5.74, 6) is 0.297. The van der Waals surface area contributed by atoms with Gasteiger partial charge in [0.15, 0.2) is 0 Å². The molecule has 3 aromatic rings. The summed E-state index contributed by atoms with van der Waals surface area (Å²) >= 11 is 0. The molecule has 0 radical (unpaired) electrons. The number of nitrogens with one attached hydrogen (secondary N) is 1. The third kappa shape index (κ3) is 4.60. The third-order valence-corrected chi connectivity index (χ3v) is 3.46. The van der Waals surface area contributed by atoms with Crippen LogP contribution in [0.2, 0.25) is 0 Å². The Hall–Kier alpha value is -3.28. The molecule has 0 saturated heterocycles. The molecule has 1 amide bonds. The lowest BCUT2D eigenvalue weighted by atomic mass is 10.2. The van der Waals surface area contributed by atoms with Gasteiger partial charge in [-0.3, -0.25) is 4.79 Å². The Labute approximate surface area is 144 Å². The highest BCUT2D eigenvalue weighted by atomic mass is 19.1. The normalized spacial score (nSPS) is 10.3. The second-order valence-electron chi connectivity index (χ2n) is 5.45. The Morgan fingerprint density at radius 1 is 1.08 bits per heavy atom. The van der Waals surface area contributed by atoms with E-state index in [-0.39, 0.29) is 11.7 Å². The molecular formula is C19H16FN3O2. The lowest BCUT2D eigenvalue weighted by Gasteiger charge is -2.08. The molecule has 0 aliphatic carbocycles. The van der Waals surface area contributed by atoms with Crippen LogP contribution in [0.1, 0.15) is 21.6 Å². The molecular weight excluding hydrogens is 321 g/mol. The quantitative estimate of drug-likeness (QED) is 0.772. The van der Waals surface area contributed by atoms with Crippen LogP contribution in [-0.4, -0.2) is 16.1 Å². The molecule has 0 aliphatic heterocycles. The summed E-state index contributed by atoms with van der Waals surface area (Å²) in [6.07, 6.45) is 0. The van der Waals surface area contributed by atoms with Crippen LogP contribution in [-0.2, 0) is 6.54 Å². The van der Waals surface area contributed by atoms with E-state index in [9.17, 15) is 9.18 Å². The maximum Gasteiger partial charge on any atom is 0.251 e. The number of hydrogen-bond acceptors (Lipinski definition) is 4. The Bertz CT molecular complexity index is 865. The van der Waals surface area contributed by atoms with E-state index in [1.165, 1.54) is 12.1 Å². The smallest absolute Gasteiger partial charge is 0.251 e. The lowest BCUT2D eigenvalue weighted by Crippen LogP contribution is -2.22. The molecule has 0 saturated carbocycles. The molecule has 126 valence electrons. The third-order valence-electron chi connectivity index (χ3n) is 3.46. The second-order valence-corrected chi connectivity index (χ2v) is 5.45. The molecule has 25 heavy (non-hydrogen) atoms. The van der Waals surface area contributed by atoms with E-state index in [2.05, 4.69) is 15.5 Å². The minimum atomic E-state index is -0.306. The first kappa shape index (κ1) is 16.6. The molecule has 0 spiro atoms. The molecule has 0 fully saturated rings. The molecule has 5 nitrogen and oxygen atoms in total. The van der Waals surface area contributed by atoms with Crippen LogP contribution < -0.4 is 10.1 Å². The number of hydrogen-bond donors (Lipinski definition) is 1. The predicted octanol–water partition coefficient (Wildman–Crippen LogP) is 3.65. The number of halogens is 1. The maximum atomic E-state index is 12.9. The zero-order valence-corrected chi connectivity index (χ0v) is 13.6. The highest BCUT2D eigenvalue weighted by Crippen LogP contribution is 2.20. The van der Waals surface area contributed by atoms with Crippen LogP contribution in [0.4, 0.5) is 4.39 Å². The van der Waals surface area contributed by atoms with Gasteiger partial charge >= 0.3 is 0 Å². The molecule has 1 N–H and O–H groups in total. The summed E-state index contributed by atoms with van der Waals surface area (Å²) in [5, 5.41) is 10.6. The highest BCUT2D eigenvalue weighted by molar-refractivity contribution is 5.94. The molecule has 0 unspecified atom stereocenters. The van der Waals surface area contributed by atoms with Gasteiger partial charge in [0, 0.05) is 18.2 Å². The Kier molecular flexibility index (Phi) is 4.99. The van der Waals surface area contributed by atoms with E-state index < -0.39 is 0 Å². The summed E-state index contributed by atoms with van der Waals surface area (Å²) in [6, 6.07) is 16.3. The van der Waals surface area contributed by atoms with Crippen LogP contribution in [0.5, 0.6) is 11.6 Å². The van der Waals surface area contributed by atoms with E-state index >= 15 is 0 Å². The molecule has 1 aromatic heterocycles. The van der Waals surface area contributed by atoms with Crippen LogP contribution in [0.15, 0.2) is 60.7 Å². The van der Waals surface area contributed by atoms with E-state index in [4.69, 9.17) is 4.74 Å². The number of ether oxygens (including phenoxy) is 1. The second kappa shape index (κ2) is 7.53. The van der Waals surface area contributed by atoms with Crippen molar-refractivity contribution in [3.05, 3.63) is 83.3 Å². The number of amides is 1. The van der Waals surface area contributed by atoms with Crippen molar-refractivity contribution in [1.29, 1.82) is 0 Å². The van der Waals surface area contributed by atoms with Crippen molar-refractivity contribution in [2.45, 2.75) is 13.5 Å². The predicted molar refractivity (Wildman–Crippen MR) is 90.9 cm³/mol. The first-order valence-electron chi connectivity index (χ1n) is 7.71. The fraction of sp³-hybridized carbons (Fsp3) is 0.105. The van der Waals surface area contributed by atoms with E-state index in [1.54, 1.807) is 48.5 Å². The maximum absolute atomic E-state index is 12.9. The van der Waals surface area contributed by atoms with Gasteiger partial charge in [0.2, 0.25) is 5.88 Å². The molecule has 0 bridgehead atoms. The first-order valence-corrected chi connectivity index (χ1v) is 7.71. The molecule has 6 heteroatoms. The Morgan fingerprint density at radius 3 is 2.60 bits per heavy atom. The number of carbonyl (C=O) groups excluding carboxylic acids is 1. The molecule has 1 heterocycles. The molecule has 0 aliphatic rings. The van der Waals surface area contributed by atoms with Gasteiger partial charge in [-0.1, -0.05) is 18.2 Å². The largest absolute Gasteiger partial charge is 0.438 e. The number of nitrogens with zero attached hydrogens (tertiary/aromatic N) is 2. The van der Waals surface area contributed by atoms with Gasteiger partial charge in [-0.15, -0.1) is 5.10 Å². The SMILES string of the molecule is Cc1ccc(Oc2cccc(C(=O)NCc3ccc(F)cc3)c2)nn1. The van der Waals surface area contributed by atoms with Crippen LogP contribution in [0.25, 0.3) is 0 Å². The van der Waals surface area contributed by atoms with Gasteiger partial charge in [0.1, 0.15) is 11.6 Å². The number of benzene rings is 2. The van der Waals surface area contributed by atoms with Gasteiger partial charge in [0.05, 0.1) is 5.69 Å². The fourth-order valence-corrected chi connectivity index (χ4v) is 2.15. The van der Waals surface area contributed by atoms with Crippen LogP contribution in [0.3, 0.4) is 0 Å². The molecule has 0 atom stereocenters. The summed E-state index contributed by atoms with van der Waals surface area (Å²) in [7, 11) is 0. The zero-order valence-electron chi connectivity index (χ0n) is 13.6. The monoisotopic (exact) mass is 337 g/mol. The number of aromatic nitrogens is 2. The average molecular weight is 337 g/mol. The van der Waals surface area contributed by atoms with E-state index in [0.717, 1.165) is 11.3 Å². The van der Waals surface area contributed by atoms with Gasteiger partial charge in [-0.2, -0.15) is 5.10 Å². The summed E-state index contributed by atoms with van der Waals surface area (Å²) in [5.41, 5.74) is 2.07. The van der Waals surface area contributed by atoms with Gasteiger partial charge in [0.25, 0.3) is 5.91 Å². The summed E-state index contributed by atoms with van der Waals surface area (Å²) < 4.78 is 18.5. The van der Waals surface area contributed by atoms with Crippen molar-refractivity contribution < 1.29 is 13.9 Å². The van der Waals surface area contributed by atoms with E-state index in [0.29, 0.717) is 23.7 Å². The highest BCUT2D eigenvalue weighted by Gasteiger charge is 2.08. The number of aryl methyl sites for hydroxylation is 1. The zero-order chi connectivity index (χ0) is 17.6. The van der Waals surface area contributed by atoms with Crippen molar-refractivity contribution in [1.82, 2.24) is 15.5 Å². The van der Waals surface area contributed by atoms with Crippen molar-refractivity contribution in [2.75, 3.05) is 0 Å². The Balaban J connectivity index is 1.64. The van der Waals surface area contributed by atoms with Crippen molar-refractivity contribution >= 4 is 5.91 Å². The lowest BCUT2D eigenvalue weighted by molar-refractivity contribution is 0.0950. The number of rotatable bonds is 5. The van der Waals surface area contributed by atoms with Crippen molar-refractivity contribution in [3.8, 4) is 11.6 Å². The van der Waals surface area contributed by atoms with Crippen LogP contribution in [0, 0.1) is 12.7 Å². The molecule has 2 aromatic carbocycles. The van der Waals surface area contributed by atoms with Gasteiger partial charge in [-0.25, -0.2) is 4.39 Å². The standard InChI is InChI=1S/C19H16FN3O2/c1-13-5-10-18(23-22-13)25-17-4-2-3-15(11-17)19(24)21-12-14-6-8-16(20)9-7-14/h2-11H,12H2,1H3,(H,21,24). The topological polar surface area (TPSA) is 64.1 Å². The van der Waals surface area contributed by atoms with Gasteiger partial charge < -0.3 is 10.1 Å². The fourth-order valence-electron chi connectivity index (χ4n) is 2.15. The summed E-state index contributed by atoms with van der Waals surface area (Å²) in [6.45, 7) is 2.15. The van der Waals surface area contributed by atoms with E-state index in [1.807, 2.05) is 6.92 Å². The minimum absolute atomic E-state index is 0.246. The van der Waals surface area contributed by atoms with Crippen molar-refractivity contribution in [2.24, 2.45) is 0 Å². The number of carbonyl (C=O) groups is 1. The van der Waals surface area contributed by atoms with Gasteiger partial charge in [-0.05, 0) is 48.9 Å². The van der Waals surface area contributed by atoms with Crippen LogP contribution >= 0.6 is 0 Å². The minimum Gasteiger partial charge on any atom is -0.438 e. The first-order chi connectivity index (χ1) is 12.1.